The highest BCUT2D eigenvalue weighted by molar-refractivity contribution is 7.05. The van der Waals surface area contributed by atoms with Gasteiger partial charge in [0.05, 0.1) is 17.3 Å². The Bertz CT molecular complexity index is 995. The molecule has 1 aromatic heterocycles. The fourth-order valence-electron chi connectivity index (χ4n) is 3.96. The van der Waals surface area contributed by atoms with E-state index in [-0.39, 0.29) is 0 Å². The minimum absolute atomic E-state index is 0.822. The zero-order valence-corrected chi connectivity index (χ0v) is 15.1. The highest BCUT2D eigenvalue weighted by Crippen LogP contribution is 2.33. The molecule has 0 unspecified atom stereocenters. The Kier molecular flexibility index (Phi) is 3.19. The van der Waals surface area contributed by atoms with Crippen LogP contribution in [0.4, 0.5) is 0 Å². The second-order valence-corrected chi connectivity index (χ2v) is 11.2. The lowest BCUT2D eigenvalue weighted by molar-refractivity contribution is 1.27. The largest absolute Gasteiger partial charge is 0.256 e. The molecule has 1 aliphatic rings. The Balaban J connectivity index is 2.04. The van der Waals surface area contributed by atoms with Crippen LogP contribution in [0.15, 0.2) is 54.7 Å². The normalized spacial score (nSPS) is 13.9. The van der Waals surface area contributed by atoms with Crippen LogP contribution in [0.2, 0.25) is 13.1 Å². The standard InChI is InChI=1S/C21H18N2Si/c1-14-10-11-19(23-13-14)18-9-5-8-17-16-7-4-6-15(12-22)20(16)24(2,3)21(17)18/h4-11,13H,1-3H3. The molecule has 0 N–H and O–H groups in total. The number of nitriles is 1. The third kappa shape index (κ3) is 1.97. The molecule has 2 aromatic carbocycles. The van der Waals surface area contributed by atoms with Gasteiger partial charge in [0.15, 0.2) is 0 Å². The zero-order chi connectivity index (χ0) is 16.9. The Labute approximate surface area is 143 Å². The van der Waals surface area contributed by atoms with Crippen LogP contribution in [0.3, 0.4) is 0 Å². The molecule has 0 atom stereocenters. The summed E-state index contributed by atoms with van der Waals surface area (Å²) in [5.41, 5.74) is 6.72. The van der Waals surface area contributed by atoms with Crippen LogP contribution >= 0.6 is 0 Å². The van der Waals surface area contributed by atoms with Crippen molar-refractivity contribution in [3.8, 4) is 28.5 Å². The molecule has 3 heteroatoms. The van der Waals surface area contributed by atoms with Gasteiger partial charge in [0.25, 0.3) is 0 Å². The summed E-state index contributed by atoms with van der Waals surface area (Å²) in [7, 11) is -1.95. The fraction of sp³-hybridized carbons (Fsp3) is 0.143. The number of hydrogen-bond acceptors (Lipinski definition) is 2. The van der Waals surface area contributed by atoms with Crippen LogP contribution in [0.5, 0.6) is 0 Å². The first kappa shape index (κ1) is 14.9. The maximum atomic E-state index is 9.59. The number of rotatable bonds is 1. The molecule has 0 saturated carbocycles. The number of nitrogens with zero attached hydrogens (tertiary/aromatic N) is 2. The van der Waals surface area contributed by atoms with Gasteiger partial charge in [0.1, 0.15) is 8.07 Å². The Morgan fingerprint density at radius 3 is 2.21 bits per heavy atom. The summed E-state index contributed by atoms with van der Waals surface area (Å²) >= 11 is 0. The van der Waals surface area contributed by atoms with Gasteiger partial charge in [0.2, 0.25) is 0 Å². The molecule has 3 aromatic rings. The van der Waals surface area contributed by atoms with E-state index in [9.17, 15) is 5.26 Å². The van der Waals surface area contributed by atoms with Crippen LogP contribution < -0.4 is 10.4 Å². The van der Waals surface area contributed by atoms with E-state index in [4.69, 9.17) is 0 Å². The van der Waals surface area contributed by atoms with Gasteiger partial charge in [-0.25, -0.2) is 0 Å². The monoisotopic (exact) mass is 326 g/mol. The molecule has 2 heterocycles. The van der Waals surface area contributed by atoms with E-state index < -0.39 is 8.07 Å². The maximum absolute atomic E-state index is 9.59. The van der Waals surface area contributed by atoms with Crippen molar-refractivity contribution in [2.24, 2.45) is 0 Å². The summed E-state index contributed by atoms with van der Waals surface area (Å²) in [4.78, 5) is 4.65. The van der Waals surface area contributed by atoms with Crippen molar-refractivity contribution in [3.05, 3.63) is 65.9 Å². The second kappa shape index (κ2) is 5.15. The van der Waals surface area contributed by atoms with Gasteiger partial charge in [-0.3, -0.25) is 4.98 Å². The van der Waals surface area contributed by atoms with Crippen molar-refractivity contribution >= 4 is 18.4 Å². The predicted molar refractivity (Wildman–Crippen MR) is 101 cm³/mol. The predicted octanol–water partition coefficient (Wildman–Crippen LogP) is 3.73. The topological polar surface area (TPSA) is 36.7 Å². The summed E-state index contributed by atoms with van der Waals surface area (Å²) in [5, 5.41) is 12.3. The Hall–Kier alpha value is -2.70. The third-order valence-corrected chi connectivity index (χ3v) is 8.55. The van der Waals surface area contributed by atoms with Crippen LogP contribution in [0, 0.1) is 18.3 Å². The number of aromatic nitrogens is 1. The van der Waals surface area contributed by atoms with E-state index >= 15 is 0 Å². The van der Waals surface area contributed by atoms with Crippen molar-refractivity contribution in [1.29, 1.82) is 5.26 Å². The van der Waals surface area contributed by atoms with E-state index in [0.717, 1.165) is 16.8 Å². The first-order valence-electron chi connectivity index (χ1n) is 8.14. The molecule has 4 rings (SSSR count). The van der Waals surface area contributed by atoms with Crippen LogP contribution in [0.1, 0.15) is 11.1 Å². The van der Waals surface area contributed by atoms with Gasteiger partial charge >= 0.3 is 0 Å². The molecular weight excluding hydrogens is 308 g/mol. The molecular formula is C21H18N2Si. The van der Waals surface area contributed by atoms with Crippen LogP contribution in [-0.2, 0) is 0 Å². The SMILES string of the molecule is Cc1ccc(-c2cccc3c2[Si](C)(C)c2c(C#N)cccc2-3)nc1. The molecule has 1 aliphatic heterocycles. The summed E-state index contributed by atoms with van der Waals surface area (Å²) in [5.74, 6) is 0. The lowest BCUT2D eigenvalue weighted by atomic mass is 10.00. The summed E-state index contributed by atoms with van der Waals surface area (Å²) in [6.07, 6.45) is 1.92. The number of hydrogen-bond donors (Lipinski definition) is 0. The van der Waals surface area contributed by atoms with E-state index in [0.29, 0.717) is 0 Å². The summed E-state index contributed by atoms with van der Waals surface area (Å²) in [6, 6.07) is 19.2. The highest BCUT2D eigenvalue weighted by atomic mass is 28.3. The summed E-state index contributed by atoms with van der Waals surface area (Å²) in [6.45, 7) is 6.74. The second-order valence-electron chi connectivity index (χ2n) is 6.91. The fourth-order valence-corrected chi connectivity index (χ4v) is 7.69. The lowest BCUT2D eigenvalue weighted by Gasteiger charge is -2.22. The third-order valence-electron chi connectivity index (χ3n) is 4.98. The van der Waals surface area contributed by atoms with Crippen molar-refractivity contribution in [2.45, 2.75) is 20.0 Å². The van der Waals surface area contributed by atoms with Crippen LogP contribution in [-0.4, -0.2) is 13.1 Å². The highest BCUT2D eigenvalue weighted by Gasteiger charge is 2.41. The van der Waals surface area contributed by atoms with Gasteiger partial charge in [-0.2, -0.15) is 5.26 Å². The first-order valence-corrected chi connectivity index (χ1v) is 11.1. The van der Waals surface area contributed by atoms with Crippen molar-refractivity contribution in [2.75, 3.05) is 0 Å². The van der Waals surface area contributed by atoms with Gasteiger partial charge in [0, 0.05) is 11.8 Å². The molecule has 0 saturated heterocycles. The first-order chi connectivity index (χ1) is 11.5. The van der Waals surface area contributed by atoms with Crippen molar-refractivity contribution in [1.82, 2.24) is 4.98 Å². The molecule has 24 heavy (non-hydrogen) atoms. The average Bonchev–Trinajstić information content (AvgIpc) is 2.84. The number of pyridine rings is 1. The van der Waals surface area contributed by atoms with Gasteiger partial charge in [-0.1, -0.05) is 49.5 Å². The lowest BCUT2D eigenvalue weighted by Crippen LogP contribution is -2.51. The smallest absolute Gasteiger partial charge is 0.116 e. The minimum Gasteiger partial charge on any atom is -0.256 e. The molecule has 116 valence electrons. The Morgan fingerprint density at radius 1 is 0.875 bits per heavy atom. The summed E-state index contributed by atoms with van der Waals surface area (Å²) < 4.78 is 0. The molecule has 2 nitrogen and oxygen atoms in total. The quantitative estimate of drug-likeness (QED) is 0.639. The van der Waals surface area contributed by atoms with Crippen molar-refractivity contribution in [3.63, 3.8) is 0 Å². The number of benzene rings is 2. The number of aryl methyl sites for hydroxylation is 1. The average molecular weight is 326 g/mol. The number of fused-ring (bicyclic) bond motifs is 3. The molecule has 0 spiro atoms. The van der Waals surface area contributed by atoms with E-state index in [1.165, 1.54) is 27.1 Å². The molecule has 0 bridgehead atoms. The minimum atomic E-state index is -1.95. The van der Waals surface area contributed by atoms with Gasteiger partial charge in [-0.15, -0.1) is 0 Å². The van der Waals surface area contributed by atoms with Crippen molar-refractivity contribution < 1.29 is 0 Å². The van der Waals surface area contributed by atoms with Crippen LogP contribution in [0.25, 0.3) is 22.4 Å². The van der Waals surface area contributed by atoms with E-state index in [2.05, 4.69) is 67.5 Å². The zero-order valence-electron chi connectivity index (χ0n) is 14.1. The maximum Gasteiger partial charge on any atom is 0.116 e. The van der Waals surface area contributed by atoms with Gasteiger partial charge in [-0.05, 0) is 46.1 Å². The molecule has 0 aliphatic carbocycles. The Morgan fingerprint density at radius 2 is 1.54 bits per heavy atom. The molecule has 0 amide bonds. The van der Waals surface area contributed by atoms with E-state index in [1.807, 2.05) is 18.3 Å². The van der Waals surface area contributed by atoms with E-state index in [1.54, 1.807) is 0 Å². The molecule has 0 fully saturated rings. The van der Waals surface area contributed by atoms with Gasteiger partial charge < -0.3 is 0 Å². The molecule has 0 radical (unpaired) electrons.